The number of aromatic amines is 1. The number of aromatic carboxylic acids is 1. The summed E-state index contributed by atoms with van der Waals surface area (Å²) in [5, 5.41) is 11.6. The topological polar surface area (TPSA) is 108 Å². The van der Waals surface area contributed by atoms with Crippen LogP contribution in [0.1, 0.15) is 20.7 Å². The summed E-state index contributed by atoms with van der Waals surface area (Å²) in [6.45, 7) is 0. The first-order valence-corrected chi connectivity index (χ1v) is 6.07. The van der Waals surface area contributed by atoms with Crippen molar-refractivity contribution >= 4 is 28.6 Å². The lowest BCUT2D eigenvalue weighted by molar-refractivity contribution is 0.0698. The molecule has 21 heavy (non-hydrogen) atoms. The molecule has 7 nitrogen and oxygen atoms in total. The second-order valence-corrected chi connectivity index (χ2v) is 4.32. The Bertz CT molecular complexity index is 841. The molecule has 0 saturated carbocycles. The van der Waals surface area contributed by atoms with Crippen molar-refractivity contribution in [2.45, 2.75) is 0 Å². The fraction of sp³-hybridized carbons (Fsp3) is 0. The third-order valence-corrected chi connectivity index (χ3v) is 2.98. The highest BCUT2D eigenvalue weighted by Gasteiger charge is 2.14. The Labute approximate surface area is 118 Å². The Kier molecular flexibility index (Phi) is 3.07. The molecular weight excluding hydrogens is 272 g/mol. The zero-order chi connectivity index (χ0) is 14.8. The van der Waals surface area contributed by atoms with Crippen LogP contribution in [-0.4, -0.2) is 31.9 Å². The number of amides is 1. The van der Waals surface area contributed by atoms with Crippen molar-refractivity contribution in [2.75, 3.05) is 5.32 Å². The first-order chi connectivity index (χ1) is 10.1. The third kappa shape index (κ3) is 2.44. The van der Waals surface area contributed by atoms with Gasteiger partial charge < -0.3 is 15.4 Å². The minimum Gasteiger partial charge on any atom is -0.478 e. The standard InChI is InChI=1S/C14H10N4O3/c19-13(8-1-2-10-11(5-8)17-7-16-10)18-12-6-15-4-3-9(12)14(20)21/h1-7H,(H,16,17)(H,18,19)(H,20,21). The van der Waals surface area contributed by atoms with Crippen LogP contribution in [-0.2, 0) is 0 Å². The zero-order valence-corrected chi connectivity index (χ0v) is 10.7. The normalized spacial score (nSPS) is 10.5. The highest BCUT2D eigenvalue weighted by Crippen LogP contribution is 2.16. The van der Waals surface area contributed by atoms with Crippen molar-refractivity contribution in [1.82, 2.24) is 15.0 Å². The molecule has 0 fully saturated rings. The van der Waals surface area contributed by atoms with Gasteiger partial charge >= 0.3 is 5.97 Å². The molecule has 3 N–H and O–H groups in total. The largest absolute Gasteiger partial charge is 0.478 e. The summed E-state index contributed by atoms with van der Waals surface area (Å²) in [4.78, 5) is 34.1. The van der Waals surface area contributed by atoms with Crippen molar-refractivity contribution in [3.63, 3.8) is 0 Å². The van der Waals surface area contributed by atoms with Crippen LogP contribution in [0.5, 0.6) is 0 Å². The molecule has 0 atom stereocenters. The molecule has 104 valence electrons. The molecule has 0 saturated heterocycles. The lowest BCUT2D eigenvalue weighted by Gasteiger charge is -2.07. The van der Waals surface area contributed by atoms with E-state index in [1.807, 2.05) is 0 Å². The van der Waals surface area contributed by atoms with E-state index < -0.39 is 11.9 Å². The van der Waals surface area contributed by atoms with Crippen molar-refractivity contribution in [3.8, 4) is 0 Å². The van der Waals surface area contributed by atoms with Gasteiger partial charge in [-0.05, 0) is 24.3 Å². The number of hydrogen-bond acceptors (Lipinski definition) is 4. The van der Waals surface area contributed by atoms with Crippen LogP contribution in [0.15, 0.2) is 43.0 Å². The van der Waals surface area contributed by atoms with Gasteiger partial charge in [0.05, 0.1) is 34.8 Å². The smallest absolute Gasteiger partial charge is 0.337 e. The summed E-state index contributed by atoms with van der Waals surface area (Å²) < 4.78 is 0. The number of pyridine rings is 1. The van der Waals surface area contributed by atoms with E-state index in [2.05, 4.69) is 20.3 Å². The SMILES string of the molecule is O=C(Nc1cnccc1C(=O)O)c1ccc2nc[nH]c2c1. The van der Waals surface area contributed by atoms with E-state index in [1.54, 1.807) is 18.2 Å². The number of fused-ring (bicyclic) bond motifs is 1. The summed E-state index contributed by atoms with van der Waals surface area (Å²) in [5.41, 5.74) is 2.01. The number of H-pyrrole nitrogens is 1. The Morgan fingerprint density at radius 2 is 2.10 bits per heavy atom. The fourth-order valence-electron chi connectivity index (χ4n) is 1.95. The van der Waals surface area contributed by atoms with E-state index in [1.165, 1.54) is 24.8 Å². The van der Waals surface area contributed by atoms with Gasteiger partial charge in [-0.25, -0.2) is 9.78 Å². The Hall–Kier alpha value is -3.22. The molecule has 2 aromatic heterocycles. The number of nitrogens with one attached hydrogen (secondary N) is 2. The molecule has 0 unspecified atom stereocenters. The number of benzene rings is 1. The molecule has 2 heterocycles. The Morgan fingerprint density at radius 3 is 2.90 bits per heavy atom. The monoisotopic (exact) mass is 282 g/mol. The minimum absolute atomic E-state index is 0.0130. The van der Waals surface area contributed by atoms with Crippen LogP contribution >= 0.6 is 0 Å². The molecular formula is C14H10N4O3. The second kappa shape index (κ2) is 5.04. The van der Waals surface area contributed by atoms with E-state index in [9.17, 15) is 9.59 Å². The molecule has 1 aromatic carbocycles. The highest BCUT2D eigenvalue weighted by molar-refractivity contribution is 6.08. The Morgan fingerprint density at radius 1 is 1.24 bits per heavy atom. The number of hydrogen-bond donors (Lipinski definition) is 3. The summed E-state index contributed by atoms with van der Waals surface area (Å²) >= 11 is 0. The average Bonchev–Trinajstić information content (AvgIpc) is 2.94. The quantitative estimate of drug-likeness (QED) is 0.680. The molecule has 7 heteroatoms. The molecule has 0 aliphatic carbocycles. The van der Waals surface area contributed by atoms with Crippen LogP contribution in [0.3, 0.4) is 0 Å². The summed E-state index contributed by atoms with van der Waals surface area (Å²) in [6.07, 6.45) is 4.20. The molecule has 3 rings (SSSR count). The molecule has 0 aliphatic rings. The van der Waals surface area contributed by atoms with Crippen molar-refractivity contribution in [2.24, 2.45) is 0 Å². The summed E-state index contributed by atoms with van der Waals surface area (Å²) in [6, 6.07) is 6.31. The molecule has 0 radical (unpaired) electrons. The van der Waals surface area contributed by atoms with Gasteiger partial charge in [0.25, 0.3) is 5.91 Å². The maximum absolute atomic E-state index is 12.2. The number of carboxylic acid groups (broad SMARTS) is 1. The lowest BCUT2D eigenvalue weighted by Crippen LogP contribution is -2.15. The van der Waals surface area contributed by atoms with Gasteiger partial charge in [-0.15, -0.1) is 0 Å². The number of carbonyl (C=O) groups is 2. The number of carboxylic acids is 1. The maximum atomic E-state index is 12.2. The highest BCUT2D eigenvalue weighted by atomic mass is 16.4. The molecule has 3 aromatic rings. The van der Waals surface area contributed by atoms with Gasteiger partial charge in [-0.2, -0.15) is 0 Å². The number of nitrogens with zero attached hydrogens (tertiary/aromatic N) is 2. The first kappa shape index (κ1) is 12.8. The zero-order valence-electron chi connectivity index (χ0n) is 10.7. The van der Waals surface area contributed by atoms with Gasteiger partial charge in [-0.3, -0.25) is 9.78 Å². The number of rotatable bonds is 3. The average molecular weight is 282 g/mol. The molecule has 1 amide bonds. The van der Waals surface area contributed by atoms with Gasteiger partial charge in [0.15, 0.2) is 0 Å². The van der Waals surface area contributed by atoms with E-state index in [-0.39, 0.29) is 11.3 Å². The third-order valence-electron chi connectivity index (χ3n) is 2.98. The first-order valence-electron chi connectivity index (χ1n) is 6.07. The predicted octanol–water partition coefficient (Wildman–Crippen LogP) is 1.91. The van der Waals surface area contributed by atoms with Gasteiger partial charge in [-0.1, -0.05) is 0 Å². The van der Waals surface area contributed by atoms with Crippen molar-refractivity contribution < 1.29 is 14.7 Å². The maximum Gasteiger partial charge on any atom is 0.337 e. The number of aromatic nitrogens is 3. The summed E-state index contributed by atoms with van der Waals surface area (Å²) in [7, 11) is 0. The van der Waals surface area contributed by atoms with Crippen LogP contribution in [0.2, 0.25) is 0 Å². The molecule has 0 aliphatic heterocycles. The van der Waals surface area contributed by atoms with Crippen LogP contribution < -0.4 is 5.32 Å². The van der Waals surface area contributed by atoms with E-state index in [0.717, 1.165) is 11.0 Å². The lowest BCUT2D eigenvalue weighted by atomic mass is 10.1. The van der Waals surface area contributed by atoms with E-state index >= 15 is 0 Å². The summed E-state index contributed by atoms with van der Waals surface area (Å²) in [5.74, 6) is -1.54. The number of imidazole rings is 1. The van der Waals surface area contributed by atoms with Gasteiger partial charge in [0.2, 0.25) is 0 Å². The number of anilines is 1. The van der Waals surface area contributed by atoms with E-state index in [0.29, 0.717) is 5.56 Å². The van der Waals surface area contributed by atoms with Crippen molar-refractivity contribution in [1.29, 1.82) is 0 Å². The second-order valence-electron chi connectivity index (χ2n) is 4.32. The van der Waals surface area contributed by atoms with Crippen LogP contribution in [0, 0.1) is 0 Å². The van der Waals surface area contributed by atoms with Gasteiger partial charge in [0, 0.05) is 11.8 Å². The Balaban J connectivity index is 1.91. The fourth-order valence-corrected chi connectivity index (χ4v) is 1.95. The molecule has 0 spiro atoms. The van der Waals surface area contributed by atoms with Gasteiger partial charge in [0.1, 0.15) is 0 Å². The number of carbonyl (C=O) groups excluding carboxylic acids is 1. The van der Waals surface area contributed by atoms with Crippen LogP contribution in [0.4, 0.5) is 5.69 Å². The van der Waals surface area contributed by atoms with E-state index in [4.69, 9.17) is 5.11 Å². The van der Waals surface area contributed by atoms with Crippen molar-refractivity contribution in [3.05, 3.63) is 54.1 Å². The molecule has 0 bridgehead atoms. The van der Waals surface area contributed by atoms with Crippen LogP contribution in [0.25, 0.3) is 11.0 Å². The minimum atomic E-state index is -1.13. The predicted molar refractivity (Wildman–Crippen MR) is 75.2 cm³/mol.